The zero-order valence-corrected chi connectivity index (χ0v) is 17.9. The van der Waals surface area contributed by atoms with Crippen LogP contribution in [0, 0.1) is 5.92 Å². The number of rotatable bonds is 15. The summed E-state index contributed by atoms with van der Waals surface area (Å²) in [5.74, 6) is -6.52. The van der Waals surface area contributed by atoms with Crippen molar-refractivity contribution < 1.29 is 44.1 Å². The molecule has 0 aliphatic heterocycles. The fourth-order valence-corrected chi connectivity index (χ4v) is 2.53. The Morgan fingerprint density at radius 3 is 1.78 bits per heavy atom. The Balaban J connectivity index is 5.24. The highest BCUT2D eigenvalue weighted by atomic mass is 16.4. The first kappa shape index (κ1) is 28.7. The van der Waals surface area contributed by atoms with Crippen LogP contribution in [0.2, 0.25) is 0 Å². The maximum absolute atomic E-state index is 12.5. The molecule has 0 heterocycles. The molecule has 4 atom stereocenters. The van der Waals surface area contributed by atoms with Crippen molar-refractivity contribution in [1.82, 2.24) is 16.0 Å². The van der Waals surface area contributed by atoms with Gasteiger partial charge in [-0.25, -0.2) is 4.79 Å². The minimum absolute atomic E-state index is 0.0703. The standard InChI is InChI=1S/C18H31N5O9/c1-8(2)5-11(18(31)32)22-17(30)12(7-24)23-16(29)10(6-13(20)25)21-15(28)9(19)3-4-14(26)27/h8-12,24H,3-7,19H2,1-2H3,(H2,20,25)(H,21,28)(H,22,30)(H,23,29)(H,26,27)(H,31,32). The average Bonchev–Trinajstić information content (AvgIpc) is 2.67. The van der Waals surface area contributed by atoms with Crippen molar-refractivity contribution in [3.05, 3.63) is 0 Å². The van der Waals surface area contributed by atoms with E-state index in [0.29, 0.717) is 0 Å². The third-order valence-electron chi connectivity index (χ3n) is 4.18. The minimum Gasteiger partial charge on any atom is -0.481 e. The van der Waals surface area contributed by atoms with Crippen LogP contribution in [0.1, 0.15) is 39.5 Å². The Kier molecular flexibility index (Phi) is 12.5. The maximum atomic E-state index is 12.5. The molecule has 0 fully saturated rings. The molecule has 182 valence electrons. The van der Waals surface area contributed by atoms with Crippen molar-refractivity contribution in [3.63, 3.8) is 0 Å². The lowest BCUT2D eigenvalue weighted by atomic mass is 10.0. The summed E-state index contributed by atoms with van der Waals surface area (Å²) in [6.45, 7) is 2.58. The van der Waals surface area contributed by atoms with Crippen LogP contribution >= 0.6 is 0 Å². The molecule has 0 spiro atoms. The number of carbonyl (C=O) groups excluding carboxylic acids is 4. The van der Waals surface area contributed by atoms with Gasteiger partial charge in [-0.2, -0.15) is 0 Å². The number of carboxylic acids is 2. The fourth-order valence-electron chi connectivity index (χ4n) is 2.53. The highest BCUT2D eigenvalue weighted by Crippen LogP contribution is 2.06. The predicted octanol–water partition coefficient (Wildman–Crippen LogP) is -3.37. The lowest BCUT2D eigenvalue weighted by Gasteiger charge is -2.24. The van der Waals surface area contributed by atoms with Gasteiger partial charge in [-0.3, -0.25) is 24.0 Å². The molecule has 0 aliphatic rings. The summed E-state index contributed by atoms with van der Waals surface area (Å²) in [7, 11) is 0. The van der Waals surface area contributed by atoms with Gasteiger partial charge in [0.25, 0.3) is 0 Å². The van der Waals surface area contributed by atoms with Gasteiger partial charge in [-0.15, -0.1) is 0 Å². The van der Waals surface area contributed by atoms with Crippen LogP contribution < -0.4 is 27.4 Å². The van der Waals surface area contributed by atoms with E-state index < -0.39 is 79.2 Å². The molecule has 0 radical (unpaired) electrons. The van der Waals surface area contributed by atoms with Crippen molar-refractivity contribution in [1.29, 1.82) is 0 Å². The molecule has 0 aromatic carbocycles. The van der Waals surface area contributed by atoms with Gasteiger partial charge in [-0.1, -0.05) is 13.8 Å². The first-order chi connectivity index (χ1) is 14.8. The summed E-state index contributed by atoms with van der Waals surface area (Å²) in [6, 6.07) is -5.70. The van der Waals surface area contributed by atoms with Gasteiger partial charge in [0.05, 0.1) is 19.1 Å². The Labute approximate surface area is 184 Å². The molecule has 0 aromatic heterocycles. The minimum atomic E-state index is -1.58. The number of aliphatic carboxylic acids is 2. The number of primary amides is 1. The van der Waals surface area contributed by atoms with Crippen molar-refractivity contribution in [2.45, 2.75) is 63.7 Å². The van der Waals surface area contributed by atoms with Gasteiger partial charge < -0.3 is 42.7 Å². The van der Waals surface area contributed by atoms with Crippen LogP contribution in [0.25, 0.3) is 0 Å². The van der Waals surface area contributed by atoms with E-state index in [2.05, 4.69) is 16.0 Å². The number of carbonyl (C=O) groups is 6. The summed E-state index contributed by atoms with van der Waals surface area (Å²) < 4.78 is 0. The van der Waals surface area contributed by atoms with E-state index in [1.807, 2.05) is 0 Å². The molecular weight excluding hydrogens is 430 g/mol. The number of aliphatic hydroxyl groups excluding tert-OH is 1. The van der Waals surface area contributed by atoms with Gasteiger partial charge in [0, 0.05) is 6.42 Å². The number of amides is 4. The third kappa shape index (κ3) is 11.2. The van der Waals surface area contributed by atoms with Gasteiger partial charge in [0.2, 0.25) is 23.6 Å². The van der Waals surface area contributed by atoms with Crippen LogP contribution in [0.15, 0.2) is 0 Å². The van der Waals surface area contributed by atoms with Crippen molar-refractivity contribution in [3.8, 4) is 0 Å². The molecule has 0 saturated heterocycles. The highest BCUT2D eigenvalue weighted by Gasteiger charge is 2.31. The number of nitrogens with one attached hydrogen (secondary N) is 3. The second kappa shape index (κ2) is 13.9. The molecule has 0 aromatic rings. The number of carboxylic acid groups (broad SMARTS) is 2. The van der Waals surface area contributed by atoms with E-state index in [4.69, 9.17) is 16.6 Å². The average molecular weight is 461 g/mol. The van der Waals surface area contributed by atoms with E-state index in [1.165, 1.54) is 0 Å². The Hall–Kier alpha value is -3.26. The van der Waals surface area contributed by atoms with E-state index in [9.17, 15) is 39.0 Å². The molecule has 0 saturated carbocycles. The molecule has 0 rings (SSSR count). The van der Waals surface area contributed by atoms with E-state index in [1.54, 1.807) is 13.8 Å². The molecule has 14 nitrogen and oxygen atoms in total. The van der Waals surface area contributed by atoms with Crippen molar-refractivity contribution >= 4 is 35.6 Å². The van der Waals surface area contributed by atoms with Crippen LogP contribution in [0.5, 0.6) is 0 Å². The fraction of sp³-hybridized carbons (Fsp3) is 0.667. The quantitative estimate of drug-likeness (QED) is 0.120. The second-order valence-corrected chi connectivity index (χ2v) is 7.54. The Morgan fingerprint density at radius 1 is 0.844 bits per heavy atom. The zero-order valence-electron chi connectivity index (χ0n) is 17.9. The van der Waals surface area contributed by atoms with Crippen molar-refractivity contribution in [2.24, 2.45) is 17.4 Å². The summed E-state index contributed by atoms with van der Waals surface area (Å²) in [4.78, 5) is 70.1. The lowest BCUT2D eigenvalue weighted by molar-refractivity contribution is -0.143. The lowest BCUT2D eigenvalue weighted by Crippen LogP contribution is -2.58. The normalized spacial score (nSPS) is 14.5. The maximum Gasteiger partial charge on any atom is 0.326 e. The van der Waals surface area contributed by atoms with E-state index in [0.717, 1.165) is 0 Å². The highest BCUT2D eigenvalue weighted by molar-refractivity contribution is 5.96. The summed E-state index contributed by atoms with van der Waals surface area (Å²) in [6.07, 6.45) is -1.22. The number of nitrogens with two attached hydrogens (primary N) is 2. The van der Waals surface area contributed by atoms with Crippen LogP contribution in [-0.4, -0.2) is 81.7 Å². The van der Waals surface area contributed by atoms with Gasteiger partial charge in [0.15, 0.2) is 0 Å². The molecule has 32 heavy (non-hydrogen) atoms. The number of hydrogen-bond acceptors (Lipinski definition) is 8. The number of aliphatic hydroxyl groups is 1. The predicted molar refractivity (Wildman–Crippen MR) is 109 cm³/mol. The molecule has 0 bridgehead atoms. The molecule has 4 amide bonds. The SMILES string of the molecule is CC(C)CC(NC(=O)C(CO)NC(=O)C(CC(N)=O)NC(=O)C(N)CCC(=O)O)C(=O)O. The van der Waals surface area contributed by atoms with Crippen LogP contribution in [-0.2, 0) is 28.8 Å². The summed E-state index contributed by atoms with van der Waals surface area (Å²) >= 11 is 0. The Morgan fingerprint density at radius 2 is 1.34 bits per heavy atom. The topological polar surface area (TPSA) is 251 Å². The van der Waals surface area contributed by atoms with Gasteiger partial charge >= 0.3 is 11.9 Å². The zero-order chi connectivity index (χ0) is 25.0. The first-order valence-corrected chi connectivity index (χ1v) is 9.78. The van der Waals surface area contributed by atoms with E-state index in [-0.39, 0.29) is 18.8 Å². The van der Waals surface area contributed by atoms with Crippen LogP contribution in [0.3, 0.4) is 0 Å². The first-order valence-electron chi connectivity index (χ1n) is 9.78. The second-order valence-electron chi connectivity index (χ2n) is 7.54. The van der Waals surface area contributed by atoms with E-state index >= 15 is 0 Å². The largest absolute Gasteiger partial charge is 0.481 e. The number of hydrogen-bond donors (Lipinski definition) is 8. The smallest absolute Gasteiger partial charge is 0.326 e. The Bertz CT molecular complexity index is 713. The molecule has 14 heteroatoms. The molecular formula is C18H31N5O9. The molecule has 10 N–H and O–H groups in total. The van der Waals surface area contributed by atoms with Crippen molar-refractivity contribution in [2.75, 3.05) is 6.61 Å². The molecule has 4 unspecified atom stereocenters. The van der Waals surface area contributed by atoms with Crippen LogP contribution in [0.4, 0.5) is 0 Å². The summed E-state index contributed by atoms with van der Waals surface area (Å²) in [5.41, 5.74) is 10.6. The monoisotopic (exact) mass is 461 g/mol. The van der Waals surface area contributed by atoms with Gasteiger partial charge in [0.1, 0.15) is 18.1 Å². The molecule has 0 aliphatic carbocycles. The third-order valence-corrected chi connectivity index (χ3v) is 4.18. The van der Waals surface area contributed by atoms with Gasteiger partial charge in [-0.05, 0) is 18.8 Å². The summed E-state index contributed by atoms with van der Waals surface area (Å²) in [5, 5.41) is 33.8.